The van der Waals surface area contributed by atoms with E-state index in [1.54, 1.807) is 23.5 Å². The number of rotatable bonds is 6. The highest BCUT2D eigenvalue weighted by Crippen LogP contribution is 2.21. The average Bonchev–Trinajstić information content (AvgIpc) is 3.27. The van der Waals surface area contributed by atoms with Gasteiger partial charge in [-0.05, 0) is 44.0 Å². The normalized spacial score (nSPS) is 15.4. The van der Waals surface area contributed by atoms with Crippen molar-refractivity contribution in [2.24, 2.45) is 0 Å². The number of carbonyl (C=O) groups is 1. The maximum atomic E-state index is 12.5. The highest BCUT2D eigenvalue weighted by molar-refractivity contribution is 7.89. The van der Waals surface area contributed by atoms with E-state index in [0.29, 0.717) is 31.6 Å². The van der Waals surface area contributed by atoms with Crippen LogP contribution in [0.3, 0.4) is 0 Å². The summed E-state index contributed by atoms with van der Waals surface area (Å²) in [7, 11) is -3.44. The van der Waals surface area contributed by atoms with Gasteiger partial charge < -0.3 is 5.32 Å². The number of nitrogens with one attached hydrogen (secondary N) is 1. The quantitative estimate of drug-likeness (QED) is 0.835. The lowest BCUT2D eigenvalue weighted by Gasteiger charge is -2.15. The molecular weight excluding hydrogens is 358 g/mol. The van der Waals surface area contributed by atoms with Crippen LogP contribution in [0.4, 0.5) is 0 Å². The molecule has 2 aromatic rings. The Balaban J connectivity index is 1.58. The lowest BCUT2D eigenvalue weighted by Crippen LogP contribution is -2.28. The molecule has 25 heavy (non-hydrogen) atoms. The van der Waals surface area contributed by atoms with Crippen LogP contribution in [0.1, 0.15) is 33.9 Å². The molecule has 0 atom stereocenters. The zero-order valence-electron chi connectivity index (χ0n) is 14.1. The first-order valence-corrected chi connectivity index (χ1v) is 10.6. The molecule has 1 aliphatic rings. The molecule has 6 nitrogen and oxygen atoms in total. The van der Waals surface area contributed by atoms with Crippen molar-refractivity contribution in [1.29, 1.82) is 0 Å². The van der Waals surface area contributed by atoms with Crippen LogP contribution >= 0.6 is 11.3 Å². The molecule has 1 fully saturated rings. The van der Waals surface area contributed by atoms with Gasteiger partial charge in [0, 0.05) is 37.0 Å². The summed E-state index contributed by atoms with van der Waals surface area (Å²) in [5, 5.41) is 5.83. The minimum Gasteiger partial charge on any atom is -0.352 e. The number of hydrogen-bond donors (Lipinski definition) is 1. The standard InChI is InChI=1S/C17H21N3O3S2/c1-13-19-15(12-24-13)8-9-18-17(21)14-4-6-16(7-5-14)25(22,23)20-10-2-3-11-20/h4-7,12H,2-3,8-11H2,1H3,(H,18,21). The Labute approximate surface area is 151 Å². The van der Waals surface area contributed by atoms with E-state index in [9.17, 15) is 13.2 Å². The SMILES string of the molecule is Cc1nc(CCNC(=O)c2ccc(S(=O)(=O)N3CCCC3)cc2)cs1. The topological polar surface area (TPSA) is 79.4 Å². The van der Waals surface area contributed by atoms with Crippen molar-refractivity contribution in [1.82, 2.24) is 14.6 Å². The second-order valence-electron chi connectivity index (χ2n) is 6.00. The summed E-state index contributed by atoms with van der Waals surface area (Å²) < 4.78 is 26.4. The number of amides is 1. The predicted molar refractivity (Wildman–Crippen MR) is 97.3 cm³/mol. The maximum Gasteiger partial charge on any atom is 0.251 e. The van der Waals surface area contributed by atoms with E-state index in [1.165, 1.54) is 16.4 Å². The van der Waals surface area contributed by atoms with Gasteiger partial charge in [0.05, 0.1) is 15.6 Å². The summed E-state index contributed by atoms with van der Waals surface area (Å²) in [4.78, 5) is 16.8. The summed E-state index contributed by atoms with van der Waals surface area (Å²) in [5.41, 5.74) is 1.42. The summed E-state index contributed by atoms with van der Waals surface area (Å²) in [6, 6.07) is 6.13. The van der Waals surface area contributed by atoms with Crippen LogP contribution in [0.15, 0.2) is 34.5 Å². The van der Waals surface area contributed by atoms with Crippen molar-refractivity contribution in [3.05, 3.63) is 45.9 Å². The first-order valence-electron chi connectivity index (χ1n) is 8.26. The molecule has 1 aromatic carbocycles. The predicted octanol–water partition coefficient (Wildman–Crippen LogP) is 2.21. The van der Waals surface area contributed by atoms with Crippen molar-refractivity contribution < 1.29 is 13.2 Å². The fourth-order valence-corrected chi connectivity index (χ4v) is 4.95. The minimum atomic E-state index is -3.44. The number of nitrogens with zero attached hydrogens (tertiary/aromatic N) is 2. The summed E-state index contributed by atoms with van der Waals surface area (Å²) in [6.07, 6.45) is 2.48. The highest BCUT2D eigenvalue weighted by Gasteiger charge is 2.27. The molecule has 0 radical (unpaired) electrons. The maximum absolute atomic E-state index is 12.5. The Bertz CT molecular complexity index is 838. The van der Waals surface area contributed by atoms with E-state index in [2.05, 4.69) is 10.3 Å². The Morgan fingerprint density at radius 1 is 1.24 bits per heavy atom. The number of aryl methyl sites for hydroxylation is 1. The number of thiazole rings is 1. The molecule has 1 N–H and O–H groups in total. The molecule has 3 rings (SSSR count). The minimum absolute atomic E-state index is 0.211. The Kier molecular flexibility index (Phi) is 5.51. The van der Waals surface area contributed by atoms with Crippen molar-refractivity contribution in [2.45, 2.75) is 31.1 Å². The molecule has 134 valence electrons. The van der Waals surface area contributed by atoms with E-state index >= 15 is 0 Å². The fourth-order valence-electron chi connectivity index (χ4n) is 2.79. The third-order valence-electron chi connectivity index (χ3n) is 4.15. The van der Waals surface area contributed by atoms with Crippen LogP contribution in [0.25, 0.3) is 0 Å². The van der Waals surface area contributed by atoms with E-state index in [1.807, 2.05) is 12.3 Å². The van der Waals surface area contributed by atoms with Gasteiger partial charge in [0.15, 0.2) is 0 Å². The molecule has 1 aromatic heterocycles. The fraction of sp³-hybridized carbons (Fsp3) is 0.412. The largest absolute Gasteiger partial charge is 0.352 e. The molecule has 0 aliphatic carbocycles. The summed E-state index contributed by atoms with van der Waals surface area (Å²) in [6.45, 7) is 3.58. The van der Waals surface area contributed by atoms with Crippen LogP contribution in [-0.2, 0) is 16.4 Å². The molecule has 0 spiro atoms. The van der Waals surface area contributed by atoms with E-state index in [-0.39, 0.29) is 10.8 Å². The molecule has 1 amide bonds. The zero-order valence-corrected chi connectivity index (χ0v) is 15.7. The summed E-state index contributed by atoms with van der Waals surface area (Å²) >= 11 is 1.59. The molecule has 8 heteroatoms. The zero-order chi connectivity index (χ0) is 17.9. The molecule has 0 bridgehead atoms. The number of aromatic nitrogens is 1. The summed E-state index contributed by atoms with van der Waals surface area (Å²) in [5.74, 6) is -0.211. The number of carbonyl (C=O) groups excluding carboxylic acids is 1. The van der Waals surface area contributed by atoms with Crippen molar-refractivity contribution >= 4 is 27.3 Å². The van der Waals surface area contributed by atoms with Crippen LogP contribution < -0.4 is 5.32 Å². The van der Waals surface area contributed by atoms with Crippen LogP contribution in [0.5, 0.6) is 0 Å². The monoisotopic (exact) mass is 379 g/mol. The first kappa shape index (κ1) is 18.0. The molecule has 0 unspecified atom stereocenters. The van der Waals surface area contributed by atoms with Crippen molar-refractivity contribution in [3.8, 4) is 0 Å². The van der Waals surface area contributed by atoms with Crippen molar-refractivity contribution in [3.63, 3.8) is 0 Å². The highest BCUT2D eigenvalue weighted by atomic mass is 32.2. The van der Waals surface area contributed by atoms with Gasteiger partial charge >= 0.3 is 0 Å². The van der Waals surface area contributed by atoms with Crippen LogP contribution in [0, 0.1) is 6.92 Å². The van der Waals surface area contributed by atoms with Gasteiger partial charge in [0.25, 0.3) is 5.91 Å². The van der Waals surface area contributed by atoms with Gasteiger partial charge in [-0.2, -0.15) is 4.31 Å². The van der Waals surface area contributed by atoms with Crippen LogP contribution in [-0.4, -0.2) is 43.2 Å². The second-order valence-corrected chi connectivity index (χ2v) is 9.00. The Hall–Kier alpha value is -1.77. The molecule has 2 heterocycles. The third kappa shape index (κ3) is 4.26. The molecule has 0 saturated carbocycles. The Morgan fingerprint density at radius 3 is 2.52 bits per heavy atom. The first-order chi connectivity index (χ1) is 12.0. The third-order valence-corrected chi connectivity index (χ3v) is 6.89. The van der Waals surface area contributed by atoms with Gasteiger partial charge in [-0.1, -0.05) is 0 Å². The van der Waals surface area contributed by atoms with Crippen molar-refractivity contribution in [2.75, 3.05) is 19.6 Å². The Morgan fingerprint density at radius 2 is 1.92 bits per heavy atom. The van der Waals surface area contributed by atoms with Gasteiger partial charge in [-0.3, -0.25) is 4.79 Å². The number of benzene rings is 1. The number of hydrogen-bond acceptors (Lipinski definition) is 5. The lowest BCUT2D eigenvalue weighted by atomic mass is 10.2. The van der Waals surface area contributed by atoms with E-state index in [0.717, 1.165) is 23.5 Å². The van der Waals surface area contributed by atoms with Gasteiger partial charge in [-0.15, -0.1) is 11.3 Å². The van der Waals surface area contributed by atoms with Gasteiger partial charge in [0.1, 0.15) is 0 Å². The smallest absolute Gasteiger partial charge is 0.251 e. The number of sulfonamides is 1. The average molecular weight is 380 g/mol. The van der Waals surface area contributed by atoms with Gasteiger partial charge in [0.2, 0.25) is 10.0 Å². The van der Waals surface area contributed by atoms with E-state index in [4.69, 9.17) is 0 Å². The molecule has 1 saturated heterocycles. The molecular formula is C17H21N3O3S2. The van der Waals surface area contributed by atoms with E-state index < -0.39 is 10.0 Å². The van der Waals surface area contributed by atoms with Gasteiger partial charge in [-0.25, -0.2) is 13.4 Å². The lowest BCUT2D eigenvalue weighted by molar-refractivity contribution is 0.0954. The second kappa shape index (κ2) is 7.63. The van der Waals surface area contributed by atoms with Crippen LogP contribution in [0.2, 0.25) is 0 Å². The molecule has 1 aliphatic heterocycles.